The van der Waals surface area contributed by atoms with Crippen LogP contribution >= 0.6 is 0 Å². The molecule has 0 bridgehead atoms. The summed E-state index contributed by atoms with van der Waals surface area (Å²) in [7, 11) is 4.38. The molecule has 1 aliphatic heterocycles. The second kappa shape index (κ2) is 7.53. The summed E-state index contributed by atoms with van der Waals surface area (Å²) in [4.78, 5) is 36.2. The molecule has 0 spiro atoms. The third-order valence-corrected chi connectivity index (χ3v) is 3.48. The lowest BCUT2D eigenvalue weighted by Crippen LogP contribution is -2.38. The van der Waals surface area contributed by atoms with Gasteiger partial charge in [-0.2, -0.15) is 0 Å². The molecule has 1 saturated heterocycles. The van der Waals surface area contributed by atoms with Gasteiger partial charge >= 0.3 is 6.03 Å². The van der Waals surface area contributed by atoms with E-state index in [0.29, 0.717) is 22.8 Å². The molecule has 9 heteroatoms. The first-order valence-corrected chi connectivity index (χ1v) is 7.18. The van der Waals surface area contributed by atoms with E-state index in [1.807, 2.05) is 0 Å². The van der Waals surface area contributed by atoms with Gasteiger partial charge in [0.2, 0.25) is 11.7 Å². The molecule has 1 aliphatic rings. The molecule has 1 fully saturated rings. The van der Waals surface area contributed by atoms with E-state index >= 15 is 0 Å². The molecule has 2 N–H and O–H groups in total. The van der Waals surface area contributed by atoms with Gasteiger partial charge < -0.3 is 24.8 Å². The summed E-state index contributed by atoms with van der Waals surface area (Å²) < 4.78 is 15.6. The van der Waals surface area contributed by atoms with Crippen molar-refractivity contribution in [2.45, 2.75) is 0 Å². The number of amides is 4. The first-order chi connectivity index (χ1) is 11.5. The molecule has 0 aromatic heterocycles. The molecule has 2 rings (SSSR count). The molecular weight excluding hydrogens is 318 g/mol. The molecule has 1 aromatic carbocycles. The van der Waals surface area contributed by atoms with Crippen LogP contribution in [0, 0.1) is 0 Å². The summed E-state index contributed by atoms with van der Waals surface area (Å²) in [5, 5.41) is 5.05. The number of ether oxygens (including phenoxy) is 3. The lowest BCUT2D eigenvalue weighted by Gasteiger charge is -2.15. The minimum atomic E-state index is -0.456. The Balaban J connectivity index is 2.04. The first-order valence-electron chi connectivity index (χ1n) is 7.18. The van der Waals surface area contributed by atoms with E-state index in [4.69, 9.17) is 14.2 Å². The van der Waals surface area contributed by atoms with E-state index in [-0.39, 0.29) is 31.4 Å². The minimum absolute atomic E-state index is 0.0142. The van der Waals surface area contributed by atoms with E-state index < -0.39 is 6.03 Å². The predicted octanol–water partition coefficient (Wildman–Crippen LogP) is -0.00600. The van der Waals surface area contributed by atoms with Crippen LogP contribution in [0.2, 0.25) is 0 Å². The van der Waals surface area contributed by atoms with Gasteiger partial charge in [0.25, 0.3) is 5.91 Å². The highest BCUT2D eigenvalue weighted by molar-refractivity contribution is 6.02. The molecule has 24 heavy (non-hydrogen) atoms. The molecule has 1 aromatic rings. The zero-order chi connectivity index (χ0) is 17.7. The van der Waals surface area contributed by atoms with Crippen LogP contribution in [0.3, 0.4) is 0 Å². The number of nitrogens with zero attached hydrogens (tertiary/aromatic N) is 1. The Morgan fingerprint density at radius 1 is 1.17 bits per heavy atom. The average Bonchev–Trinajstić information content (AvgIpc) is 2.91. The van der Waals surface area contributed by atoms with Crippen molar-refractivity contribution in [1.29, 1.82) is 0 Å². The molecule has 0 aliphatic carbocycles. The van der Waals surface area contributed by atoms with E-state index in [2.05, 4.69) is 10.6 Å². The fourth-order valence-corrected chi connectivity index (χ4v) is 2.28. The summed E-state index contributed by atoms with van der Waals surface area (Å²) in [5.74, 6) is 0.395. The molecule has 0 unspecified atom stereocenters. The van der Waals surface area contributed by atoms with Gasteiger partial charge in [0.05, 0.1) is 27.9 Å². The van der Waals surface area contributed by atoms with Gasteiger partial charge in [0.1, 0.15) is 0 Å². The standard InChI is InChI=1S/C15H19N3O6/c1-22-10-6-9(7-11(23-2)13(10)24-3)14(20)16-4-5-18-12(19)8-17-15(18)21/h6-7H,4-5,8H2,1-3H3,(H,16,20)(H,17,21). The summed E-state index contributed by atoms with van der Waals surface area (Å²) in [6, 6.07) is 2.58. The topological polar surface area (TPSA) is 106 Å². The Labute approximate surface area is 138 Å². The van der Waals surface area contributed by atoms with Crippen molar-refractivity contribution in [3.63, 3.8) is 0 Å². The maximum Gasteiger partial charge on any atom is 0.324 e. The highest BCUT2D eigenvalue weighted by Crippen LogP contribution is 2.38. The molecular formula is C15H19N3O6. The monoisotopic (exact) mass is 337 g/mol. The molecule has 1 heterocycles. The number of imide groups is 1. The first kappa shape index (κ1) is 17.4. The van der Waals surface area contributed by atoms with Crippen LogP contribution < -0.4 is 24.8 Å². The number of rotatable bonds is 7. The molecule has 0 radical (unpaired) electrons. The van der Waals surface area contributed by atoms with Crippen LogP contribution in [0.25, 0.3) is 0 Å². The van der Waals surface area contributed by atoms with Gasteiger partial charge in [0, 0.05) is 18.7 Å². The van der Waals surface area contributed by atoms with Crippen LogP contribution in [0.5, 0.6) is 17.2 Å². The van der Waals surface area contributed by atoms with Crippen LogP contribution in [-0.2, 0) is 4.79 Å². The number of methoxy groups -OCH3 is 3. The van der Waals surface area contributed by atoms with E-state index in [0.717, 1.165) is 4.90 Å². The van der Waals surface area contributed by atoms with Crippen LogP contribution in [0.4, 0.5) is 4.79 Å². The highest BCUT2D eigenvalue weighted by atomic mass is 16.5. The Kier molecular flexibility index (Phi) is 5.46. The van der Waals surface area contributed by atoms with Gasteiger partial charge in [-0.25, -0.2) is 4.79 Å². The van der Waals surface area contributed by atoms with Crippen LogP contribution in [0.15, 0.2) is 12.1 Å². The lowest BCUT2D eigenvalue weighted by atomic mass is 10.1. The quantitative estimate of drug-likeness (QED) is 0.678. The molecule has 4 amide bonds. The highest BCUT2D eigenvalue weighted by Gasteiger charge is 2.27. The van der Waals surface area contributed by atoms with Crippen LogP contribution in [-0.4, -0.2) is 63.7 Å². The normalized spacial score (nSPS) is 13.5. The Bertz CT molecular complexity index is 620. The summed E-state index contributed by atoms with van der Waals surface area (Å²) in [6.07, 6.45) is 0. The maximum atomic E-state index is 12.3. The maximum absolute atomic E-state index is 12.3. The van der Waals surface area contributed by atoms with Crippen LogP contribution in [0.1, 0.15) is 10.4 Å². The molecule has 0 atom stereocenters. The van der Waals surface area contributed by atoms with Crippen molar-refractivity contribution < 1.29 is 28.6 Å². The largest absolute Gasteiger partial charge is 0.493 e. The minimum Gasteiger partial charge on any atom is -0.493 e. The van der Waals surface area contributed by atoms with Gasteiger partial charge in [0.15, 0.2) is 11.5 Å². The van der Waals surface area contributed by atoms with Crippen molar-refractivity contribution in [3.05, 3.63) is 17.7 Å². The molecule has 9 nitrogen and oxygen atoms in total. The van der Waals surface area contributed by atoms with Gasteiger partial charge in [-0.1, -0.05) is 0 Å². The smallest absolute Gasteiger partial charge is 0.324 e. The van der Waals surface area contributed by atoms with Crippen molar-refractivity contribution in [2.24, 2.45) is 0 Å². The molecule has 0 saturated carbocycles. The zero-order valence-electron chi connectivity index (χ0n) is 13.7. The SMILES string of the molecule is COc1cc(C(=O)NCCN2C(=O)CNC2=O)cc(OC)c1OC. The second-order valence-electron chi connectivity index (χ2n) is 4.87. The number of urea groups is 1. The summed E-state index contributed by atoms with van der Waals surface area (Å²) >= 11 is 0. The molecule has 130 valence electrons. The van der Waals surface area contributed by atoms with Gasteiger partial charge in [-0.15, -0.1) is 0 Å². The third kappa shape index (κ3) is 3.50. The fourth-order valence-electron chi connectivity index (χ4n) is 2.28. The third-order valence-electron chi connectivity index (χ3n) is 3.48. The van der Waals surface area contributed by atoms with Crippen molar-refractivity contribution in [2.75, 3.05) is 41.0 Å². The van der Waals surface area contributed by atoms with Crippen molar-refractivity contribution >= 4 is 17.8 Å². The Morgan fingerprint density at radius 3 is 2.25 bits per heavy atom. The number of hydrogen-bond donors (Lipinski definition) is 2. The summed E-state index contributed by atoms with van der Waals surface area (Å²) in [6.45, 7) is 0.217. The zero-order valence-corrected chi connectivity index (χ0v) is 13.7. The Morgan fingerprint density at radius 2 is 1.79 bits per heavy atom. The predicted molar refractivity (Wildman–Crippen MR) is 83.5 cm³/mol. The van der Waals surface area contributed by atoms with Crippen molar-refractivity contribution in [3.8, 4) is 17.2 Å². The number of carbonyl (C=O) groups is 3. The number of hydrogen-bond acceptors (Lipinski definition) is 6. The number of carbonyl (C=O) groups excluding carboxylic acids is 3. The number of nitrogens with one attached hydrogen (secondary N) is 2. The Hall–Kier alpha value is -2.97. The van der Waals surface area contributed by atoms with E-state index in [9.17, 15) is 14.4 Å². The van der Waals surface area contributed by atoms with Gasteiger partial charge in [-0.05, 0) is 12.1 Å². The second-order valence-corrected chi connectivity index (χ2v) is 4.87. The van der Waals surface area contributed by atoms with Gasteiger partial charge in [-0.3, -0.25) is 14.5 Å². The number of benzene rings is 1. The lowest BCUT2D eigenvalue weighted by molar-refractivity contribution is -0.124. The van der Waals surface area contributed by atoms with Crippen molar-refractivity contribution in [1.82, 2.24) is 15.5 Å². The van der Waals surface area contributed by atoms with E-state index in [1.165, 1.54) is 33.5 Å². The summed E-state index contributed by atoms with van der Waals surface area (Å²) in [5.41, 5.74) is 0.307. The fraction of sp³-hybridized carbons (Fsp3) is 0.400. The van der Waals surface area contributed by atoms with E-state index in [1.54, 1.807) is 0 Å². The average molecular weight is 337 g/mol.